The number of fused-ring (bicyclic) bond motifs is 10. The van der Waals surface area contributed by atoms with E-state index in [0.29, 0.717) is 12.0 Å². The summed E-state index contributed by atoms with van der Waals surface area (Å²) in [6.45, 7) is 0.204. The number of aromatic nitrogens is 3. The quantitative estimate of drug-likeness (QED) is 0.312. The molecule has 0 spiro atoms. The molecule has 3 aliphatic rings. The average molecular weight is 492 g/mol. The van der Waals surface area contributed by atoms with Crippen LogP contribution in [0, 0.1) is 5.92 Å². The van der Waals surface area contributed by atoms with Crippen LogP contribution >= 0.6 is 0 Å². The summed E-state index contributed by atoms with van der Waals surface area (Å²) in [5.74, 6) is 0.714. The second-order valence-corrected chi connectivity index (χ2v) is 10.0. The van der Waals surface area contributed by atoms with Gasteiger partial charge in [-0.25, -0.2) is 23.5 Å². The lowest BCUT2D eigenvalue weighted by Crippen LogP contribution is -2.34. The molecule has 0 radical (unpaired) electrons. The fourth-order valence-electron chi connectivity index (χ4n) is 6.72. The molecule has 37 heavy (non-hydrogen) atoms. The highest BCUT2D eigenvalue weighted by atomic mass is 16.5. The Bertz CT molecular complexity index is 1690. The van der Waals surface area contributed by atoms with Crippen LogP contribution in [-0.4, -0.2) is 26.8 Å². The largest absolute Gasteiger partial charge is 0.497 e. The number of allylic oxidation sites excluding steroid dienone is 2. The van der Waals surface area contributed by atoms with E-state index in [1.54, 1.807) is 22.5 Å². The van der Waals surface area contributed by atoms with Crippen molar-refractivity contribution in [1.82, 2.24) is 13.9 Å². The Morgan fingerprint density at radius 3 is 2.22 bits per heavy atom. The zero-order chi connectivity index (χ0) is 25.3. The van der Waals surface area contributed by atoms with Gasteiger partial charge in [-0.3, -0.25) is 4.79 Å². The standard InChI is InChI=1S/C30H25N3O4/c1-37-20-13-11-18(12-14-20)17-31-29(35)32-24-16-25(33(32)30(31)36)28-23(15-26(34)19-7-3-2-4-8-19)21-9-5-6-10-22(21)27(24)28/h2-15,24-25,27-28H,16-17H2,1H3/b23-15-/t24?,25?,27-,28?/m1/s1. The highest BCUT2D eigenvalue weighted by Gasteiger charge is 2.58. The molecule has 0 saturated heterocycles. The molecule has 2 aliphatic carbocycles. The molecule has 7 heteroatoms. The van der Waals surface area contributed by atoms with Crippen molar-refractivity contribution in [3.8, 4) is 5.75 Å². The molecule has 0 amide bonds. The van der Waals surface area contributed by atoms with Gasteiger partial charge in [-0.05, 0) is 46.9 Å². The van der Waals surface area contributed by atoms with Crippen LogP contribution in [0.3, 0.4) is 0 Å². The molecule has 1 fully saturated rings. The van der Waals surface area contributed by atoms with E-state index in [-0.39, 0.29) is 47.6 Å². The Balaban J connectivity index is 1.32. The van der Waals surface area contributed by atoms with Crippen LogP contribution in [0.1, 0.15) is 51.5 Å². The van der Waals surface area contributed by atoms with Crippen LogP contribution < -0.4 is 16.1 Å². The number of methoxy groups -OCH3 is 1. The number of hydrogen-bond acceptors (Lipinski definition) is 4. The Morgan fingerprint density at radius 2 is 1.51 bits per heavy atom. The van der Waals surface area contributed by atoms with Gasteiger partial charge in [-0.15, -0.1) is 0 Å². The van der Waals surface area contributed by atoms with E-state index in [2.05, 4.69) is 12.1 Å². The fourth-order valence-corrected chi connectivity index (χ4v) is 6.72. The topological polar surface area (TPSA) is 75.2 Å². The third-order valence-corrected chi connectivity index (χ3v) is 8.25. The lowest BCUT2D eigenvalue weighted by atomic mass is 9.88. The van der Waals surface area contributed by atoms with Gasteiger partial charge in [0.05, 0.1) is 25.7 Å². The molecule has 4 aromatic rings. The van der Waals surface area contributed by atoms with Gasteiger partial charge in [0.2, 0.25) is 0 Å². The van der Waals surface area contributed by atoms with E-state index in [4.69, 9.17) is 4.74 Å². The van der Waals surface area contributed by atoms with Crippen molar-refractivity contribution in [2.45, 2.75) is 31.0 Å². The molecule has 4 atom stereocenters. The first-order valence-corrected chi connectivity index (χ1v) is 12.5. The highest BCUT2D eigenvalue weighted by Crippen LogP contribution is 2.64. The van der Waals surface area contributed by atoms with Gasteiger partial charge < -0.3 is 4.74 Å². The molecule has 7 nitrogen and oxygen atoms in total. The molecule has 184 valence electrons. The third kappa shape index (κ3) is 3.10. The zero-order valence-electron chi connectivity index (χ0n) is 20.3. The summed E-state index contributed by atoms with van der Waals surface area (Å²) in [6.07, 6.45) is 2.47. The molecular weight excluding hydrogens is 466 g/mol. The second kappa shape index (κ2) is 8.06. The van der Waals surface area contributed by atoms with Crippen molar-refractivity contribution in [2.75, 3.05) is 7.11 Å². The average Bonchev–Trinajstić information content (AvgIpc) is 3.66. The van der Waals surface area contributed by atoms with Crippen LogP contribution in [0.25, 0.3) is 5.57 Å². The monoisotopic (exact) mass is 491 g/mol. The first kappa shape index (κ1) is 21.9. The second-order valence-electron chi connectivity index (χ2n) is 10.0. The van der Waals surface area contributed by atoms with Gasteiger partial charge in [0.1, 0.15) is 5.75 Å². The smallest absolute Gasteiger partial charge is 0.347 e. The van der Waals surface area contributed by atoms with Gasteiger partial charge in [0, 0.05) is 17.4 Å². The number of rotatable bonds is 5. The summed E-state index contributed by atoms with van der Waals surface area (Å²) < 4.78 is 9.88. The van der Waals surface area contributed by atoms with Crippen LogP contribution in [0.2, 0.25) is 0 Å². The number of ketones is 1. The van der Waals surface area contributed by atoms with E-state index >= 15 is 0 Å². The predicted molar refractivity (Wildman–Crippen MR) is 139 cm³/mol. The van der Waals surface area contributed by atoms with Crippen molar-refractivity contribution < 1.29 is 9.53 Å². The SMILES string of the molecule is COc1ccc(Cn2c(=O)n3n(c2=O)C2CC3C3/C(=C\C(=O)c4ccccc4)c4ccccc4[C@@H]32)cc1. The Morgan fingerprint density at radius 1 is 0.865 bits per heavy atom. The van der Waals surface area contributed by atoms with Crippen molar-refractivity contribution in [2.24, 2.45) is 5.92 Å². The number of benzene rings is 3. The maximum Gasteiger partial charge on any atom is 0.347 e. The maximum absolute atomic E-state index is 13.6. The number of nitrogens with zero attached hydrogens (tertiary/aromatic N) is 3. The van der Waals surface area contributed by atoms with Crippen LogP contribution in [0.15, 0.2) is 94.5 Å². The van der Waals surface area contributed by atoms with Gasteiger partial charge in [-0.1, -0.05) is 66.7 Å². The first-order valence-electron chi connectivity index (χ1n) is 12.5. The number of carbonyl (C=O) groups excluding carboxylic acids is 1. The molecule has 1 saturated carbocycles. The summed E-state index contributed by atoms with van der Waals surface area (Å²) in [5, 5.41) is 0. The lowest BCUT2D eigenvalue weighted by molar-refractivity contribution is 0.104. The summed E-state index contributed by atoms with van der Waals surface area (Å²) in [6, 6.07) is 24.5. The molecule has 3 unspecified atom stereocenters. The molecule has 2 bridgehead atoms. The minimum atomic E-state index is -0.295. The molecule has 1 aromatic heterocycles. The Hall–Kier alpha value is -4.39. The predicted octanol–water partition coefficient (Wildman–Crippen LogP) is 4.05. The van der Waals surface area contributed by atoms with E-state index in [0.717, 1.165) is 28.0 Å². The van der Waals surface area contributed by atoms with Crippen LogP contribution in [0.4, 0.5) is 0 Å². The summed E-state index contributed by atoms with van der Waals surface area (Å²) >= 11 is 0. The van der Waals surface area contributed by atoms with E-state index in [1.807, 2.05) is 66.7 Å². The lowest BCUT2D eigenvalue weighted by Gasteiger charge is -2.28. The molecular formula is C30H25N3O4. The van der Waals surface area contributed by atoms with E-state index in [1.165, 1.54) is 4.57 Å². The minimum Gasteiger partial charge on any atom is -0.497 e. The third-order valence-electron chi connectivity index (χ3n) is 8.25. The molecule has 7 rings (SSSR count). The van der Waals surface area contributed by atoms with Gasteiger partial charge in [0.15, 0.2) is 5.78 Å². The normalized spacial score (nSPS) is 23.6. The fraction of sp³-hybridized carbons (Fsp3) is 0.233. The highest BCUT2D eigenvalue weighted by molar-refractivity contribution is 6.09. The van der Waals surface area contributed by atoms with Crippen molar-refractivity contribution >= 4 is 11.4 Å². The summed E-state index contributed by atoms with van der Waals surface area (Å²) in [7, 11) is 1.60. The van der Waals surface area contributed by atoms with E-state index in [9.17, 15) is 14.4 Å². The van der Waals surface area contributed by atoms with Crippen LogP contribution in [-0.2, 0) is 6.54 Å². The maximum atomic E-state index is 13.6. The summed E-state index contributed by atoms with van der Waals surface area (Å²) in [4.78, 5) is 40.4. The van der Waals surface area contributed by atoms with Gasteiger partial charge >= 0.3 is 11.4 Å². The van der Waals surface area contributed by atoms with Crippen molar-refractivity contribution in [3.05, 3.63) is 128 Å². The molecule has 0 N–H and O–H groups in total. The zero-order valence-corrected chi connectivity index (χ0v) is 20.3. The number of ether oxygens (including phenoxy) is 1. The van der Waals surface area contributed by atoms with Crippen molar-refractivity contribution in [1.29, 1.82) is 0 Å². The molecule has 2 heterocycles. The molecule has 1 aliphatic heterocycles. The van der Waals surface area contributed by atoms with Gasteiger partial charge in [-0.2, -0.15) is 0 Å². The van der Waals surface area contributed by atoms with E-state index < -0.39 is 0 Å². The molecule has 3 aromatic carbocycles. The minimum absolute atomic E-state index is 0.0241. The summed E-state index contributed by atoms with van der Waals surface area (Å²) in [5.41, 5.74) is 4.10. The first-order chi connectivity index (χ1) is 18.1. The number of carbonyl (C=O) groups is 1. The number of hydrogen-bond donors (Lipinski definition) is 0. The van der Waals surface area contributed by atoms with Crippen molar-refractivity contribution in [3.63, 3.8) is 0 Å². The Labute approximate surface area is 212 Å². The Kier molecular flexibility index (Phi) is 4.76. The van der Waals surface area contributed by atoms with Gasteiger partial charge in [0.25, 0.3) is 0 Å². The van der Waals surface area contributed by atoms with Crippen LogP contribution in [0.5, 0.6) is 5.75 Å².